The van der Waals surface area contributed by atoms with Crippen molar-refractivity contribution in [3.63, 3.8) is 0 Å². The van der Waals surface area contributed by atoms with E-state index in [-0.39, 0.29) is 0 Å². The largest absolute Gasteiger partial charge is 0.311 e. The lowest BCUT2D eigenvalue weighted by Crippen LogP contribution is -1.81. The molecule has 1 aromatic carbocycles. The molecular weight excluding hydrogens is 192 g/mol. The molecule has 0 aliphatic heterocycles. The number of hydrogen-bond donors (Lipinski definition) is 0. The summed E-state index contributed by atoms with van der Waals surface area (Å²) >= 11 is 1.42. The molecule has 0 bridgehead atoms. The van der Waals surface area contributed by atoms with Gasteiger partial charge >= 0.3 is 0 Å². The molecule has 74 valence electrons. The summed E-state index contributed by atoms with van der Waals surface area (Å²) < 4.78 is 5.25. The van der Waals surface area contributed by atoms with Gasteiger partial charge in [-0.2, -0.15) is 0 Å². The summed E-state index contributed by atoms with van der Waals surface area (Å²) in [5.74, 6) is 0.833. The molecule has 0 fully saturated rings. The van der Waals surface area contributed by atoms with E-state index >= 15 is 0 Å². The predicted molar refractivity (Wildman–Crippen MR) is 64.1 cm³/mol. The van der Waals surface area contributed by atoms with E-state index in [1.54, 1.807) is 0 Å². The molecule has 0 N–H and O–H groups in total. The molecule has 1 rings (SSSR count). The lowest BCUT2D eigenvalue weighted by Gasteiger charge is -1.95. The van der Waals surface area contributed by atoms with Gasteiger partial charge in [-0.25, -0.2) is 0 Å². The van der Waals surface area contributed by atoms with Gasteiger partial charge in [-0.15, -0.1) is 6.58 Å². The highest BCUT2D eigenvalue weighted by Gasteiger charge is 1.84. The van der Waals surface area contributed by atoms with Crippen LogP contribution in [0.25, 0.3) is 6.08 Å². The maximum absolute atomic E-state index is 5.25. The van der Waals surface area contributed by atoms with Gasteiger partial charge in [0, 0.05) is 5.75 Å². The summed E-state index contributed by atoms with van der Waals surface area (Å²) in [6.45, 7) is 4.24. The normalized spacial score (nSPS) is 10.6. The van der Waals surface area contributed by atoms with Gasteiger partial charge in [0.2, 0.25) is 0 Å². The zero-order valence-electron chi connectivity index (χ0n) is 8.06. The molecular formula is C12H14OS. The van der Waals surface area contributed by atoms with Crippen LogP contribution in [0.1, 0.15) is 5.56 Å². The van der Waals surface area contributed by atoms with Crippen molar-refractivity contribution in [2.75, 3.05) is 12.4 Å². The first-order valence-corrected chi connectivity index (χ1v) is 5.41. The van der Waals surface area contributed by atoms with Gasteiger partial charge in [-0.05, 0) is 17.6 Å². The van der Waals surface area contributed by atoms with E-state index in [1.165, 1.54) is 17.6 Å². The number of benzene rings is 1. The van der Waals surface area contributed by atoms with Crippen molar-refractivity contribution in [1.29, 1.82) is 0 Å². The molecule has 0 atom stereocenters. The molecule has 0 aliphatic carbocycles. The molecule has 2 heteroatoms. The molecule has 1 aromatic rings. The van der Waals surface area contributed by atoms with E-state index in [9.17, 15) is 0 Å². The van der Waals surface area contributed by atoms with Gasteiger partial charge in [0.15, 0.2) is 0 Å². The average molecular weight is 206 g/mol. The van der Waals surface area contributed by atoms with Gasteiger partial charge in [0.05, 0.1) is 6.61 Å². The Hall–Kier alpha value is -0.990. The Morgan fingerprint density at radius 2 is 2.07 bits per heavy atom. The quantitative estimate of drug-likeness (QED) is 0.400. The molecule has 0 aromatic heterocycles. The second-order valence-corrected chi connectivity index (χ2v) is 3.48. The summed E-state index contributed by atoms with van der Waals surface area (Å²) in [7, 11) is 0. The first-order valence-electron chi connectivity index (χ1n) is 4.50. The minimum absolute atomic E-state index is 0.632. The summed E-state index contributed by atoms with van der Waals surface area (Å²) in [5.41, 5.74) is 1.20. The van der Waals surface area contributed by atoms with Crippen molar-refractivity contribution in [2.24, 2.45) is 0 Å². The van der Waals surface area contributed by atoms with E-state index < -0.39 is 0 Å². The third-order valence-electron chi connectivity index (χ3n) is 1.54. The van der Waals surface area contributed by atoms with Gasteiger partial charge in [0.1, 0.15) is 0 Å². The topological polar surface area (TPSA) is 9.23 Å². The van der Waals surface area contributed by atoms with Crippen LogP contribution in [-0.2, 0) is 4.18 Å². The van der Waals surface area contributed by atoms with Crippen molar-refractivity contribution >= 4 is 18.1 Å². The van der Waals surface area contributed by atoms with Crippen molar-refractivity contribution in [1.82, 2.24) is 0 Å². The average Bonchev–Trinajstić information content (AvgIpc) is 2.25. The van der Waals surface area contributed by atoms with Gasteiger partial charge in [0.25, 0.3) is 0 Å². The van der Waals surface area contributed by atoms with Crippen molar-refractivity contribution < 1.29 is 4.18 Å². The van der Waals surface area contributed by atoms with E-state index in [0.29, 0.717) is 6.61 Å². The minimum Gasteiger partial charge on any atom is -0.311 e. The van der Waals surface area contributed by atoms with E-state index in [0.717, 1.165) is 5.75 Å². The third kappa shape index (κ3) is 4.90. The Morgan fingerprint density at radius 3 is 2.79 bits per heavy atom. The van der Waals surface area contributed by atoms with Crippen LogP contribution in [0.4, 0.5) is 0 Å². The highest BCUT2D eigenvalue weighted by atomic mass is 32.2. The molecule has 0 unspecified atom stereocenters. The maximum Gasteiger partial charge on any atom is 0.0798 e. The van der Waals surface area contributed by atoms with Crippen LogP contribution < -0.4 is 0 Å². The summed E-state index contributed by atoms with van der Waals surface area (Å²) in [6, 6.07) is 10.2. The molecule has 1 nitrogen and oxygen atoms in total. The van der Waals surface area contributed by atoms with Gasteiger partial charge in [-0.3, -0.25) is 0 Å². The molecule has 14 heavy (non-hydrogen) atoms. The fraction of sp³-hybridized carbons (Fsp3) is 0.167. The maximum atomic E-state index is 5.25. The molecule has 0 saturated heterocycles. The van der Waals surface area contributed by atoms with Crippen LogP contribution in [0.2, 0.25) is 0 Å². The summed E-state index contributed by atoms with van der Waals surface area (Å²) in [6.07, 6.45) is 5.88. The standard InChI is InChI=1S/C12H14OS/c1-2-11-14-13-10-6-9-12-7-4-3-5-8-12/h2-9H,1,10-11H2/b9-6+. The molecule has 0 radical (unpaired) electrons. The SMILES string of the molecule is C=CCSOC/C=C/c1ccccc1. The first kappa shape index (κ1) is 11.1. The highest BCUT2D eigenvalue weighted by Crippen LogP contribution is 2.04. The second-order valence-electron chi connectivity index (χ2n) is 2.67. The van der Waals surface area contributed by atoms with Gasteiger partial charge in [-0.1, -0.05) is 48.6 Å². The Bertz CT molecular complexity index is 280. The van der Waals surface area contributed by atoms with Crippen LogP contribution in [0, 0.1) is 0 Å². The Kier molecular flexibility index (Phi) is 5.87. The molecule has 0 aliphatic rings. The summed E-state index contributed by atoms with van der Waals surface area (Å²) in [5, 5.41) is 0. The van der Waals surface area contributed by atoms with E-state index in [2.05, 4.69) is 24.8 Å². The smallest absolute Gasteiger partial charge is 0.0798 e. The zero-order chi connectivity index (χ0) is 10.1. The molecule has 0 amide bonds. The number of hydrogen-bond acceptors (Lipinski definition) is 2. The molecule has 0 saturated carbocycles. The monoisotopic (exact) mass is 206 g/mol. The molecule has 0 spiro atoms. The van der Waals surface area contributed by atoms with Crippen LogP contribution in [0.3, 0.4) is 0 Å². The van der Waals surface area contributed by atoms with Crippen molar-refractivity contribution in [3.05, 3.63) is 54.6 Å². The van der Waals surface area contributed by atoms with Gasteiger partial charge < -0.3 is 4.18 Å². The van der Waals surface area contributed by atoms with E-state index in [1.807, 2.05) is 30.4 Å². The number of rotatable bonds is 6. The Morgan fingerprint density at radius 1 is 1.29 bits per heavy atom. The predicted octanol–water partition coefficient (Wildman–Crippen LogP) is 3.55. The Labute approximate surface area is 89.7 Å². The first-order chi connectivity index (χ1) is 6.93. The van der Waals surface area contributed by atoms with E-state index in [4.69, 9.17) is 4.18 Å². The Balaban J connectivity index is 2.18. The highest BCUT2D eigenvalue weighted by molar-refractivity contribution is 7.94. The second kappa shape index (κ2) is 7.42. The lowest BCUT2D eigenvalue weighted by atomic mass is 10.2. The fourth-order valence-electron chi connectivity index (χ4n) is 0.932. The van der Waals surface area contributed by atoms with Crippen molar-refractivity contribution in [3.8, 4) is 0 Å². The van der Waals surface area contributed by atoms with Crippen LogP contribution in [0.15, 0.2) is 49.1 Å². The van der Waals surface area contributed by atoms with Crippen molar-refractivity contribution in [2.45, 2.75) is 0 Å². The zero-order valence-corrected chi connectivity index (χ0v) is 8.87. The van der Waals surface area contributed by atoms with Crippen LogP contribution >= 0.6 is 12.0 Å². The van der Waals surface area contributed by atoms with Crippen LogP contribution in [-0.4, -0.2) is 12.4 Å². The fourth-order valence-corrected chi connectivity index (χ4v) is 1.30. The summed E-state index contributed by atoms with van der Waals surface area (Å²) in [4.78, 5) is 0. The minimum atomic E-state index is 0.632. The van der Waals surface area contributed by atoms with Crippen LogP contribution in [0.5, 0.6) is 0 Å². The molecule has 0 heterocycles. The lowest BCUT2D eigenvalue weighted by molar-refractivity contribution is 0.431. The third-order valence-corrected chi connectivity index (χ3v) is 2.22.